The quantitative estimate of drug-likeness (QED) is 0.365. The van der Waals surface area contributed by atoms with Crippen molar-refractivity contribution < 1.29 is 28.7 Å². The van der Waals surface area contributed by atoms with Gasteiger partial charge in [-0.1, -0.05) is 30.3 Å². The monoisotopic (exact) mass is 441 g/mol. The fourth-order valence-electron chi connectivity index (χ4n) is 3.37. The van der Waals surface area contributed by atoms with Crippen LogP contribution in [0.5, 0.6) is 11.5 Å². The number of amides is 2. The van der Waals surface area contributed by atoms with E-state index in [-0.39, 0.29) is 47.2 Å². The zero-order chi connectivity index (χ0) is 23.3. The SMILES string of the molecule is CCOC(=O)C1=C(C)NC(=O)N[C@H]1c1cc(OC)c(OCc2ccccc2)cc1[N+](=O)[O-]. The van der Waals surface area contributed by atoms with E-state index in [1.807, 2.05) is 30.3 Å². The molecule has 2 amide bonds. The molecule has 0 aliphatic carbocycles. The first-order chi connectivity index (χ1) is 15.3. The van der Waals surface area contributed by atoms with Gasteiger partial charge >= 0.3 is 12.0 Å². The highest BCUT2D eigenvalue weighted by molar-refractivity contribution is 5.95. The molecule has 2 aromatic carbocycles. The molecule has 168 valence electrons. The number of methoxy groups -OCH3 is 1. The first-order valence-electron chi connectivity index (χ1n) is 9.84. The summed E-state index contributed by atoms with van der Waals surface area (Å²) in [4.78, 5) is 36.0. The highest BCUT2D eigenvalue weighted by Crippen LogP contribution is 2.41. The van der Waals surface area contributed by atoms with Crippen LogP contribution in [0, 0.1) is 10.1 Å². The van der Waals surface area contributed by atoms with Crippen molar-refractivity contribution in [3.05, 3.63) is 75.0 Å². The van der Waals surface area contributed by atoms with Gasteiger partial charge in [-0.25, -0.2) is 9.59 Å². The number of nitrogens with one attached hydrogen (secondary N) is 2. The molecule has 0 aromatic heterocycles. The molecule has 0 saturated carbocycles. The number of benzene rings is 2. The first kappa shape index (κ1) is 22.6. The zero-order valence-electron chi connectivity index (χ0n) is 17.8. The van der Waals surface area contributed by atoms with Crippen LogP contribution in [0.1, 0.15) is 31.0 Å². The summed E-state index contributed by atoms with van der Waals surface area (Å²) in [6.45, 7) is 3.44. The lowest BCUT2D eigenvalue weighted by Crippen LogP contribution is -2.45. The number of esters is 1. The Labute approximate surface area is 184 Å². The highest BCUT2D eigenvalue weighted by atomic mass is 16.6. The summed E-state index contributed by atoms with van der Waals surface area (Å²) in [6, 6.07) is 10.2. The third-order valence-electron chi connectivity index (χ3n) is 4.82. The van der Waals surface area contributed by atoms with Gasteiger partial charge in [0, 0.05) is 5.70 Å². The van der Waals surface area contributed by atoms with Crippen LogP contribution in [0.2, 0.25) is 0 Å². The molecule has 1 aliphatic rings. The van der Waals surface area contributed by atoms with E-state index in [1.165, 1.54) is 26.2 Å². The van der Waals surface area contributed by atoms with Crippen molar-refractivity contribution in [2.75, 3.05) is 13.7 Å². The summed E-state index contributed by atoms with van der Waals surface area (Å²) in [6.07, 6.45) is 0. The van der Waals surface area contributed by atoms with Crippen LogP contribution in [0.4, 0.5) is 10.5 Å². The van der Waals surface area contributed by atoms with Crippen molar-refractivity contribution in [3.63, 3.8) is 0 Å². The van der Waals surface area contributed by atoms with Gasteiger partial charge in [0.15, 0.2) is 11.5 Å². The molecule has 0 spiro atoms. The molecule has 2 aromatic rings. The van der Waals surface area contributed by atoms with Gasteiger partial charge in [0.2, 0.25) is 0 Å². The molecule has 0 saturated heterocycles. The Morgan fingerprint density at radius 3 is 2.53 bits per heavy atom. The molecule has 0 radical (unpaired) electrons. The lowest BCUT2D eigenvalue weighted by Gasteiger charge is -2.28. The van der Waals surface area contributed by atoms with E-state index in [2.05, 4.69) is 10.6 Å². The van der Waals surface area contributed by atoms with E-state index < -0.39 is 23.0 Å². The van der Waals surface area contributed by atoms with Crippen molar-refractivity contribution in [2.45, 2.75) is 26.5 Å². The van der Waals surface area contributed by atoms with Gasteiger partial charge in [-0.15, -0.1) is 0 Å². The highest BCUT2D eigenvalue weighted by Gasteiger charge is 2.37. The summed E-state index contributed by atoms with van der Waals surface area (Å²) in [5.41, 5.74) is 0.909. The van der Waals surface area contributed by atoms with Crippen LogP contribution in [-0.4, -0.2) is 30.6 Å². The minimum Gasteiger partial charge on any atom is -0.493 e. The van der Waals surface area contributed by atoms with Crippen LogP contribution < -0.4 is 20.1 Å². The van der Waals surface area contributed by atoms with E-state index >= 15 is 0 Å². The van der Waals surface area contributed by atoms with Gasteiger partial charge in [0.1, 0.15) is 6.61 Å². The van der Waals surface area contributed by atoms with Gasteiger partial charge < -0.3 is 24.8 Å². The molecule has 3 rings (SSSR count). The molecule has 0 unspecified atom stereocenters. The number of ether oxygens (including phenoxy) is 3. The second-order valence-corrected chi connectivity index (χ2v) is 6.88. The first-order valence-corrected chi connectivity index (χ1v) is 9.84. The number of carbonyl (C=O) groups is 2. The second kappa shape index (κ2) is 9.82. The average Bonchev–Trinajstić information content (AvgIpc) is 2.77. The average molecular weight is 441 g/mol. The Balaban J connectivity index is 2.06. The molecule has 1 heterocycles. The second-order valence-electron chi connectivity index (χ2n) is 6.88. The number of nitrogens with zero attached hydrogens (tertiary/aromatic N) is 1. The number of hydrogen-bond donors (Lipinski definition) is 2. The van der Waals surface area contributed by atoms with Crippen molar-refractivity contribution in [1.82, 2.24) is 10.6 Å². The van der Waals surface area contributed by atoms with E-state index in [0.29, 0.717) is 0 Å². The van der Waals surface area contributed by atoms with Gasteiger partial charge in [0.25, 0.3) is 5.69 Å². The summed E-state index contributed by atoms with van der Waals surface area (Å²) in [5.74, 6) is -0.319. The Morgan fingerprint density at radius 2 is 1.91 bits per heavy atom. The summed E-state index contributed by atoms with van der Waals surface area (Å²) >= 11 is 0. The topological polar surface area (TPSA) is 129 Å². The van der Waals surface area contributed by atoms with E-state index in [9.17, 15) is 19.7 Å². The van der Waals surface area contributed by atoms with E-state index in [4.69, 9.17) is 14.2 Å². The third kappa shape index (κ3) is 4.80. The normalized spacial score (nSPS) is 15.5. The molecular formula is C22H23N3O7. The van der Waals surface area contributed by atoms with Crippen molar-refractivity contribution in [3.8, 4) is 11.5 Å². The number of rotatable bonds is 8. The van der Waals surface area contributed by atoms with E-state index in [1.54, 1.807) is 6.92 Å². The third-order valence-corrected chi connectivity index (χ3v) is 4.82. The molecule has 1 atom stereocenters. The molecule has 0 fully saturated rings. The Kier molecular flexibility index (Phi) is 6.93. The van der Waals surface area contributed by atoms with Crippen LogP contribution in [0.25, 0.3) is 0 Å². The van der Waals surface area contributed by atoms with Crippen molar-refractivity contribution >= 4 is 17.7 Å². The number of nitro benzene ring substituents is 1. The van der Waals surface area contributed by atoms with Crippen LogP contribution in [0.3, 0.4) is 0 Å². The molecule has 32 heavy (non-hydrogen) atoms. The Hall–Kier alpha value is -4.08. The maximum absolute atomic E-state index is 12.6. The van der Waals surface area contributed by atoms with Crippen molar-refractivity contribution in [2.24, 2.45) is 0 Å². The minimum absolute atomic E-state index is 0.0644. The Morgan fingerprint density at radius 1 is 1.19 bits per heavy atom. The predicted octanol–water partition coefficient (Wildman–Crippen LogP) is 3.37. The lowest BCUT2D eigenvalue weighted by molar-refractivity contribution is -0.385. The molecular weight excluding hydrogens is 418 g/mol. The minimum atomic E-state index is -1.11. The maximum atomic E-state index is 12.6. The van der Waals surface area contributed by atoms with Crippen LogP contribution in [0.15, 0.2) is 53.7 Å². The number of nitro groups is 1. The largest absolute Gasteiger partial charge is 0.493 e. The fourth-order valence-corrected chi connectivity index (χ4v) is 3.37. The molecule has 10 nitrogen and oxygen atoms in total. The number of urea groups is 1. The number of allylic oxidation sites excluding steroid dienone is 1. The van der Waals surface area contributed by atoms with Crippen LogP contribution in [-0.2, 0) is 16.1 Å². The van der Waals surface area contributed by atoms with Gasteiger partial charge in [-0.3, -0.25) is 10.1 Å². The molecule has 1 aliphatic heterocycles. The maximum Gasteiger partial charge on any atom is 0.338 e. The van der Waals surface area contributed by atoms with E-state index in [0.717, 1.165) is 5.56 Å². The van der Waals surface area contributed by atoms with Gasteiger partial charge in [-0.2, -0.15) is 0 Å². The number of hydrogen-bond acceptors (Lipinski definition) is 7. The summed E-state index contributed by atoms with van der Waals surface area (Å²) < 4.78 is 16.3. The predicted molar refractivity (Wildman–Crippen MR) is 114 cm³/mol. The number of carbonyl (C=O) groups excluding carboxylic acids is 2. The van der Waals surface area contributed by atoms with Gasteiger partial charge in [0.05, 0.1) is 41.9 Å². The fraction of sp³-hybridized carbons (Fsp3) is 0.273. The smallest absolute Gasteiger partial charge is 0.338 e. The lowest BCUT2D eigenvalue weighted by atomic mass is 9.93. The molecule has 10 heteroatoms. The summed E-state index contributed by atoms with van der Waals surface area (Å²) in [7, 11) is 1.40. The van der Waals surface area contributed by atoms with Crippen LogP contribution >= 0.6 is 0 Å². The standard InChI is InChI=1S/C22H23N3O7/c1-4-31-21(26)19-13(2)23-22(27)24-20(19)15-10-17(30-3)18(11-16(15)25(28)29)32-12-14-8-6-5-7-9-14/h5-11,20H,4,12H2,1-3H3,(H2,23,24,27)/t20-/m0/s1. The summed E-state index contributed by atoms with van der Waals surface area (Å²) in [5, 5.41) is 17.0. The van der Waals surface area contributed by atoms with Gasteiger partial charge in [-0.05, 0) is 25.5 Å². The molecule has 0 bridgehead atoms. The zero-order valence-corrected chi connectivity index (χ0v) is 17.8. The van der Waals surface area contributed by atoms with Crippen molar-refractivity contribution in [1.29, 1.82) is 0 Å². The molecule has 2 N–H and O–H groups in total. The Bertz CT molecular complexity index is 1070.